The Labute approximate surface area is 126 Å². The van der Waals surface area contributed by atoms with E-state index in [1.54, 1.807) is 4.90 Å². The van der Waals surface area contributed by atoms with Crippen LogP contribution < -0.4 is 5.32 Å². The molecule has 2 aliphatic rings. The van der Waals surface area contributed by atoms with Gasteiger partial charge in [-0.25, -0.2) is 4.79 Å². The SMILES string of the molecule is CC(C)c1c2c(cc3c1NCCC3)CCN(C(=O)O)CC2. The van der Waals surface area contributed by atoms with E-state index >= 15 is 0 Å². The van der Waals surface area contributed by atoms with Gasteiger partial charge < -0.3 is 15.3 Å². The number of rotatable bonds is 1. The molecule has 2 heterocycles. The average Bonchev–Trinajstić information content (AvgIpc) is 2.66. The van der Waals surface area contributed by atoms with Crippen LogP contribution in [0.2, 0.25) is 0 Å². The van der Waals surface area contributed by atoms with Crippen LogP contribution in [0.25, 0.3) is 0 Å². The quantitative estimate of drug-likeness (QED) is 0.834. The molecule has 0 unspecified atom stereocenters. The van der Waals surface area contributed by atoms with Gasteiger partial charge in [-0.1, -0.05) is 19.9 Å². The van der Waals surface area contributed by atoms with E-state index in [0.717, 1.165) is 25.8 Å². The van der Waals surface area contributed by atoms with Crippen LogP contribution in [0.3, 0.4) is 0 Å². The zero-order valence-electron chi connectivity index (χ0n) is 12.9. The first-order valence-electron chi connectivity index (χ1n) is 7.97. The van der Waals surface area contributed by atoms with Gasteiger partial charge in [-0.05, 0) is 53.9 Å². The third kappa shape index (κ3) is 2.59. The minimum Gasteiger partial charge on any atom is -0.465 e. The van der Waals surface area contributed by atoms with E-state index in [0.29, 0.717) is 19.0 Å². The largest absolute Gasteiger partial charge is 0.465 e. The molecule has 0 bridgehead atoms. The number of amides is 1. The molecule has 0 atom stereocenters. The van der Waals surface area contributed by atoms with E-state index in [1.165, 1.54) is 34.4 Å². The van der Waals surface area contributed by atoms with Gasteiger partial charge in [0.1, 0.15) is 0 Å². The molecule has 1 aromatic rings. The summed E-state index contributed by atoms with van der Waals surface area (Å²) in [6.45, 7) is 6.76. The molecule has 2 N–H and O–H groups in total. The Kier molecular flexibility index (Phi) is 3.79. The minimum atomic E-state index is -0.795. The molecule has 21 heavy (non-hydrogen) atoms. The molecule has 0 spiro atoms. The lowest BCUT2D eigenvalue weighted by Gasteiger charge is -2.27. The maximum Gasteiger partial charge on any atom is 0.407 e. The fourth-order valence-electron chi connectivity index (χ4n) is 3.73. The minimum absolute atomic E-state index is 0.468. The summed E-state index contributed by atoms with van der Waals surface area (Å²) in [5.74, 6) is 0.468. The monoisotopic (exact) mass is 288 g/mol. The summed E-state index contributed by atoms with van der Waals surface area (Å²) in [5, 5.41) is 12.8. The molecule has 4 nitrogen and oxygen atoms in total. The maximum absolute atomic E-state index is 11.2. The summed E-state index contributed by atoms with van der Waals surface area (Å²) in [6, 6.07) is 2.33. The van der Waals surface area contributed by atoms with Gasteiger partial charge in [0.05, 0.1) is 0 Å². The van der Waals surface area contributed by atoms with E-state index in [1.807, 2.05) is 0 Å². The highest BCUT2D eigenvalue weighted by Gasteiger charge is 2.25. The first-order valence-corrected chi connectivity index (χ1v) is 7.97. The Morgan fingerprint density at radius 3 is 2.71 bits per heavy atom. The third-order valence-electron chi connectivity index (χ3n) is 4.71. The molecule has 3 rings (SSSR count). The normalized spacial score (nSPS) is 17.8. The number of fused-ring (bicyclic) bond motifs is 2. The number of nitrogens with one attached hydrogen (secondary N) is 1. The second-order valence-electron chi connectivity index (χ2n) is 6.42. The second kappa shape index (κ2) is 5.58. The molecule has 2 aliphatic heterocycles. The van der Waals surface area contributed by atoms with Gasteiger partial charge in [0.2, 0.25) is 0 Å². The van der Waals surface area contributed by atoms with E-state index in [9.17, 15) is 9.90 Å². The topological polar surface area (TPSA) is 52.6 Å². The standard InChI is InChI=1S/C17H24N2O2/c1-11(2)15-14-6-9-19(17(20)21)8-5-12(14)10-13-4-3-7-18-16(13)15/h10-11,18H,3-9H2,1-2H3,(H,20,21). The molecular formula is C17H24N2O2. The molecule has 0 saturated heterocycles. The van der Waals surface area contributed by atoms with Crippen molar-refractivity contribution in [3.05, 3.63) is 28.3 Å². The smallest absolute Gasteiger partial charge is 0.407 e. The predicted molar refractivity (Wildman–Crippen MR) is 84.3 cm³/mol. The highest BCUT2D eigenvalue weighted by Crippen LogP contribution is 2.37. The number of carbonyl (C=O) groups is 1. The summed E-state index contributed by atoms with van der Waals surface area (Å²) in [6.07, 6.45) is 3.21. The lowest BCUT2D eigenvalue weighted by atomic mass is 9.84. The molecule has 0 radical (unpaired) electrons. The summed E-state index contributed by atoms with van der Waals surface area (Å²) in [4.78, 5) is 12.8. The van der Waals surface area contributed by atoms with Crippen LogP contribution in [0.15, 0.2) is 6.07 Å². The number of nitrogens with zero attached hydrogens (tertiary/aromatic N) is 1. The van der Waals surface area contributed by atoms with E-state index in [-0.39, 0.29) is 0 Å². The number of hydrogen-bond acceptors (Lipinski definition) is 2. The van der Waals surface area contributed by atoms with Gasteiger partial charge in [0.15, 0.2) is 0 Å². The van der Waals surface area contributed by atoms with Gasteiger partial charge in [-0.15, -0.1) is 0 Å². The van der Waals surface area contributed by atoms with Gasteiger partial charge in [-0.3, -0.25) is 0 Å². The number of carboxylic acid groups (broad SMARTS) is 1. The highest BCUT2D eigenvalue weighted by atomic mass is 16.4. The lowest BCUT2D eigenvalue weighted by Crippen LogP contribution is -2.31. The molecule has 1 aromatic carbocycles. The summed E-state index contributed by atoms with van der Waals surface area (Å²) in [7, 11) is 0. The molecule has 0 fully saturated rings. The maximum atomic E-state index is 11.2. The fourth-order valence-corrected chi connectivity index (χ4v) is 3.73. The van der Waals surface area contributed by atoms with Gasteiger partial charge >= 0.3 is 6.09 Å². The molecule has 0 saturated carbocycles. The van der Waals surface area contributed by atoms with Crippen LogP contribution in [0.5, 0.6) is 0 Å². The van der Waals surface area contributed by atoms with E-state index in [2.05, 4.69) is 25.2 Å². The number of anilines is 1. The number of aryl methyl sites for hydroxylation is 1. The summed E-state index contributed by atoms with van der Waals surface area (Å²) in [5.41, 5.74) is 6.94. The Morgan fingerprint density at radius 2 is 2.00 bits per heavy atom. The van der Waals surface area contributed by atoms with Crippen molar-refractivity contribution in [1.82, 2.24) is 4.90 Å². The molecule has 0 aliphatic carbocycles. The average molecular weight is 288 g/mol. The van der Waals surface area contributed by atoms with Crippen LogP contribution in [0.4, 0.5) is 10.5 Å². The van der Waals surface area contributed by atoms with Crippen molar-refractivity contribution in [2.75, 3.05) is 25.0 Å². The van der Waals surface area contributed by atoms with Crippen LogP contribution in [0.1, 0.15) is 48.4 Å². The van der Waals surface area contributed by atoms with E-state index in [4.69, 9.17) is 0 Å². The Balaban J connectivity index is 2.06. The summed E-state index contributed by atoms with van der Waals surface area (Å²) < 4.78 is 0. The second-order valence-corrected chi connectivity index (χ2v) is 6.42. The van der Waals surface area contributed by atoms with Crippen LogP contribution in [0, 0.1) is 0 Å². The zero-order valence-corrected chi connectivity index (χ0v) is 12.9. The third-order valence-corrected chi connectivity index (χ3v) is 4.71. The van der Waals surface area contributed by atoms with Crippen molar-refractivity contribution in [3.8, 4) is 0 Å². The molecular weight excluding hydrogens is 264 g/mol. The first-order chi connectivity index (χ1) is 10.1. The number of hydrogen-bond donors (Lipinski definition) is 2. The van der Waals surface area contributed by atoms with Crippen molar-refractivity contribution >= 4 is 11.8 Å². The highest BCUT2D eigenvalue weighted by molar-refractivity contribution is 5.67. The van der Waals surface area contributed by atoms with Crippen LogP contribution in [-0.2, 0) is 19.3 Å². The fraction of sp³-hybridized carbons (Fsp3) is 0.588. The van der Waals surface area contributed by atoms with Crippen molar-refractivity contribution in [1.29, 1.82) is 0 Å². The van der Waals surface area contributed by atoms with Gasteiger partial charge in [0.25, 0.3) is 0 Å². The Hall–Kier alpha value is -1.71. The Bertz CT molecular complexity index is 566. The van der Waals surface area contributed by atoms with Crippen molar-refractivity contribution in [3.63, 3.8) is 0 Å². The van der Waals surface area contributed by atoms with Crippen LogP contribution >= 0.6 is 0 Å². The van der Waals surface area contributed by atoms with Crippen molar-refractivity contribution in [2.24, 2.45) is 0 Å². The molecule has 114 valence electrons. The predicted octanol–water partition coefficient (Wildman–Crippen LogP) is 3.25. The molecule has 4 heteroatoms. The molecule has 1 amide bonds. The van der Waals surface area contributed by atoms with Crippen molar-refractivity contribution < 1.29 is 9.90 Å². The van der Waals surface area contributed by atoms with E-state index < -0.39 is 6.09 Å². The number of benzene rings is 1. The first kappa shape index (κ1) is 14.2. The zero-order chi connectivity index (χ0) is 15.0. The van der Waals surface area contributed by atoms with Gasteiger partial charge in [-0.2, -0.15) is 0 Å². The van der Waals surface area contributed by atoms with Crippen molar-refractivity contribution in [2.45, 2.75) is 45.4 Å². The summed E-state index contributed by atoms with van der Waals surface area (Å²) >= 11 is 0. The van der Waals surface area contributed by atoms with Crippen LogP contribution in [-0.4, -0.2) is 35.7 Å². The molecule has 0 aromatic heterocycles. The Morgan fingerprint density at radius 1 is 1.24 bits per heavy atom. The lowest BCUT2D eigenvalue weighted by molar-refractivity contribution is 0.147. The van der Waals surface area contributed by atoms with Gasteiger partial charge in [0, 0.05) is 25.3 Å².